The summed E-state index contributed by atoms with van der Waals surface area (Å²) in [6, 6.07) is 7.62. The molecule has 8 heteroatoms. The van der Waals surface area contributed by atoms with Gasteiger partial charge < -0.3 is 28.8 Å². The van der Waals surface area contributed by atoms with Gasteiger partial charge in [0.25, 0.3) is 11.7 Å². The molecule has 1 amide bonds. The molecule has 2 aromatic rings. The molecular formula is C22H24N2O6. The van der Waals surface area contributed by atoms with Crippen LogP contribution in [0.5, 0.6) is 11.5 Å². The van der Waals surface area contributed by atoms with Gasteiger partial charge in [-0.3, -0.25) is 9.59 Å². The Bertz CT molecular complexity index is 1020. The summed E-state index contributed by atoms with van der Waals surface area (Å²) in [5.74, 6) is 0.509. The predicted octanol–water partition coefficient (Wildman–Crippen LogP) is 2.69. The summed E-state index contributed by atoms with van der Waals surface area (Å²) in [6.45, 7) is 3.02. The maximum atomic E-state index is 12.9. The molecule has 1 unspecified atom stereocenters. The number of hydrogen-bond acceptors (Lipinski definition) is 7. The van der Waals surface area contributed by atoms with Crippen molar-refractivity contribution in [1.82, 2.24) is 9.80 Å². The molecule has 4 rings (SSSR count). The first-order valence-corrected chi connectivity index (χ1v) is 9.76. The number of carbonyl (C=O) groups is 2. The minimum atomic E-state index is -0.786. The molecule has 30 heavy (non-hydrogen) atoms. The first-order valence-electron chi connectivity index (χ1n) is 9.76. The van der Waals surface area contributed by atoms with Gasteiger partial charge in [0.2, 0.25) is 6.79 Å². The Morgan fingerprint density at radius 2 is 1.93 bits per heavy atom. The van der Waals surface area contributed by atoms with Crippen molar-refractivity contribution < 1.29 is 28.6 Å². The lowest BCUT2D eigenvalue weighted by Gasteiger charge is -2.24. The van der Waals surface area contributed by atoms with Crippen molar-refractivity contribution in [1.29, 1.82) is 0 Å². The van der Waals surface area contributed by atoms with Gasteiger partial charge in [0.05, 0.1) is 5.57 Å². The van der Waals surface area contributed by atoms with Crippen LogP contribution in [-0.4, -0.2) is 60.6 Å². The van der Waals surface area contributed by atoms with Gasteiger partial charge in [-0.15, -0.1) is 0 Å². The SMILES string of the molecule is Cc1ccc(C2/C(=C(/O)c3ccc4c(c3)OCO4)C(=O)C(=O)N2CCCN(C)C)o1. The fraction of sp³-hybridized carbons (Fsp3) is 0.364. The highest BCUT2D eigenvalue weighted by atomic mass is 16.7. The Labute approximate surface area is 174 Å². The van der Waals surface area contributed by atoms with Gasteiger partial charge in [0.1, 0.15) is 23.3 Å². The van der Waals surface area contributed by atoms with E-state index in [4.69, 9.17) is 13.9 Å². The Morgan fingerprint density at radius 1 is 1.17 bits per heavy atom. The standard InChI is InChI=1S/C22H24N2O6/c1-13-5-7-16(30-13)19-18(21(26)22(27)24(19)10-4-9-23(2)3)20(25)14-6-8-15-17(11-14)29-12-28-15/h5-8,11,19,25H,4,9-10,12H2,1-3H3/b20-18-. The van der Waals surface area contributed by atoms with E-state index in [2.05, 4.69) is 0 Å². The van der Waals surface area contributed by atoms with E-state index in [0.29, 0.717) is 41.5 Å². The third-order valence-corrected chi connectivity index (χ3v) is 5.22. The van der Waals surface area contributed by atoms with Crippen LogP contribution < -0.4 is 9.47 Å². The summed E-state index contributed by atoms with van der Waals surface area (Å²) in [6.07, 6.45) is 0.681. The summed E-state index contributed by atoms with van der Waals surface area (Å²) in [5, 5.41) is 11.0. The number of fused-ring (bicyclic) bond motifs is 1. The van der Waals surface area contributed by atoms with Crippen LogP contribution in [0.25, 0.3) is 5.76 Å². The van der Waals surface area contributed by atoms with Crippen LogP contribution in [0.4, 0.5) is 0 Å². The molecule has 0 saturated carbocycles. The van der Waals surface area contributed by atoms with Crippen molar-refractivity contribution in [3.05, 3.63) is 53.0 Å². The average molecular weight is 412 g/mol. The number of benzene rings is 1. The zero-order valence-corrected chi connectivity index (χ0v) is 17.2. The molecule has 0 bridgehead atoms. The number of nitrogens with zero attached hydrogens (tertiary/aromatic N) is 2. The van der Waals surface area contributed by atoms with Crippen LogP contribution in [-0.2, 0) is 9.59 Å². The fourth-order valence-corrected chi connectivity index (χ4v) is 3.76. The first kappa shape index (κ1) is 20.0. The highest BCUT2D eigenvalue weighted by molar-refractivity contribution is 6.46. The number of ether oxygens (including phenoxy) is 2. The highest BCUT2D eigenvalue weighted by Gasteiger charge is 2.47. The Balaban J connectivity index is 1.76. The molecule has 3 heterocycles. The van der Waals surface area contributed by atoms with E-state index in [1.165, 1.54) is 4.90 Å². The van der Waals surface area contributed by atoms with Crippen LogP contribution in [0.3, 0.4) is 0 Å². The van der Waals surface area contributed by atoms with E-state index < -0.39 is 17.7 Å². The molecule has 158 valence electrons. The second kappa shape index (κ2) is 7.87. The maximum Gasteiger partial charge on any atom is 0.295 e. The Morgan fingerprint density at radius 3 is 2.63 bits per heavy atom. The topological polar surface area (TPSA) is 92.4 Å². The van der Waals surface area contributed by atoms with Crippen molar-refractivity contribution >= 4 is 17.4 Å². The number of aliphatic hydroxyl groups is 1. The van der Waals surface area contributed by atoms with Crippen LogP contribution in [0.2, 0.25) is 0 Å². The minimum Gasteiger partial charge on any atom is -0.507 e. The normalized spacial score (nSPS) is 19.9. The lowest BCUT2D eigenvalue weighted by atomic mass is 9.99. The third kappa shape index (κ3) is 3.54. The second-order valence-electron chi connectivity index (χ2n) is 7.67. The quantitative estimate of drug-likeness (QED) is 0.443. The predicted molar refractivity (Wildman–Crippen MR) is 108 cm³/mol. The van der Waals surface area contributed by atoms with Crippen LogP contribution >= 0.6 is 0 Å². The van der Waals surface area contributed by atoms with Crippen LogP contribution in [0.15, 0.2) is 40.3 Å². The number of aryl methyl sites for hydroxylation is 1. The molecule has 0 radical (unpaired) electrons. The van der Waals surface area contributed by atoms with E-state index in [-0.39, 0.29) is 18.1 Å². The fourth-order valence-electron chi connectivity index (χ4n) is 3.76. The molecular weight excluding hydrogens is 388 g/mol. The molecule has 2 aliphatic heterocycles. The number of amides is 1. The lowest BCUT2D eigenvalue weighted by Crippen LogP contribution is -2.32. The number of carbonyl (C=O) groups excluding carboxylic acids is 2. The molecule has 8 nitrogen and oxygen atoms in total. The summed E-state index contributed by atoms with van der Waals surface area (Å²) >= 11 is 0. The molecule has 1 atom stereocenters. The molecule has 1 fully saturated rings. The zero-order chi connectivity index (χ0) is 21.4. The van der Waals surface area contributed by atoms with Gasteiger partial charge in [0, 0.05) is 12.1 Å². The van der Waals surface area contributed by atoms with Gasteiger partial charge in [0.15, 0.2) is 11.5 Å². The van der Waals surface area contributed by atoms with Crippen molar-refractivity contribution in [2.24, 2.45) is 0 Å². The molecule has 1 saturated heterocycles. The summed E-state index contributed by atoms with van der Waals surface area (Å²) in [7, 11) is 3.89. The average Bonchev–Trinajstić information content (AvgIpc) is 3.41. The van der Waals surface area contributed by atoms with Crippen molar-refractivity contribution in [3.63, 3.8) is 0 Å². The number of rotatable bonds is 6. The Kier molecular flexibility index (Phi) is 5.26. The highest BCUT2D eigenvalue weighted by Crippen LogP contribution is 2.41. The van der Waals surface area contributed by atoms with Gasteiger partial charge in [-0.1, -0.05) is 0 Å². The molecule has 0 spiro atoms. The summed E-state index contributed by atoms with van der Waals surface area (Å²) in [5.41, 5.74) is 0.386. The molecule has 0 aliphatic carbocycles. The number of ketones is 1. The molecule has 1 aromatic carbocycles. The van der Waals surface area contributed by atoms with E-state index >= 15 is 0 Å². The Hall–Kier alpha value is -3.26. The molecule has 1 N–H and O–H groups in total. The number of hydrogen-bond donors (Lipinski definition) is 1. The first-order chi connectivity index (χ1) is 14.4. The monoisotopic (exact) mass is 412 g/mol. The second-order valence-corrected chi connectivity index (χ2v) is 7.67. The van der Waals surface area contributed by atoms with E-state index in [1.54, 1.807) is 37.3 Å². The number of furan rings is 1. The number of Topliss-reactive ketones (excluding diaryl/α,β-unsaturated/α-hetero) is 1. The molecule has 1 aromatic heterocycles. The van der Waals surface area contributed by atoms with Gasteiger partial charge in [-0.2, -0.15) is 0 Å². The van der Waals surface area contributed by atoms with Gasteiger partial charge in [-0.25, -0.2) is 0 Å². The maximum absolute atomic E-state index is 12.9. The number of aliphatic hydroxyl groups excluding tert-OH is 1. The van der Waals surface area contributed by atoms with Crippen molar-refractivity contribution in [2.75, 3.05) is 34.0 Å². The number of likely N-dealkylation sites (tertiary alicyclic amines) is 1. The molecule has 2 aliphatic rings. The van der Waals surface area contributed by atoms with Crippen molar-refractivity contribution in [3.8, 4) is 11.5 Å². The van der Waals surface area contributed by atoms with E-state index in [0.717, 1.165) is 6.54 Å². The van der Waals surface area contributed by atoms with Crippen LogP contribution in [0.1, 0.15) is 29.5 Å². The van der Waals surface area contributed by atoms with E-state index in [1.807, 2.05) is 19.0 Å². The smallest absolute Gasteiger partial charge is 0.295 e. The summed E-state index contributed by atoms with van der Waals surface area (Å²) < 4.78 is 16.4. The third-order valence-electron chi connectivity index (χ3n) is 5.22. The van der Waals surface area contributed by atoms with Gasteiger partial charge >= 0.3 is 0 Å². The lowest BCUT2D eigenvalue weighted by molar-refractivity contribution is -0.140. The van der Waals surface area contributed by atoms with E-state index in [9.17, 15) is 14.7 Å². The summed E-state index contributed by atoms with van der Waals surface area (Å²) in [4.78, 5) is 29.3. The largest absolute Gasteiger partial charge is 0.507 e. The van der Waals surface area contributed by atoms with Crippen molar-refractivity contribution in [2.45, 2.75) is 19.4 Å². The van der Waals surface area contributed by atoms with Crippen LogP contribution in [0, 0.1) is 6.92 Å². The minimum absolute atomic E-state index is 0.0121. The van der Waals surface area contributed by atoms with Gasteiger partial charge in [-0.05, 0) is 64.3 Å². The zero-order valence-electron chi connectivity index (χ0n) is 17.2.